The molecule has 1 fully saturated rings. The number of nitrogens with zero attached hydrogens (tertiary/aromatic N) is 4. The molecule has 8 heteroatoms. The van der Waals surface area contributed by atoms with E-state index < -0.39 is 0 Å². The minimum atomic E-state index is -0.280. The van der Waals surface area contributed by atoms with Gasteiger partial charge in [-0.25, -0.2) is 0 Å². The van der Waals surface area contributed by atoms with E-state index in [2.05, 4.69) is 34.7 Å². The molecule has 1 heterocycles. The normalized spacial score (nSPS) is 23.6. The van der Waals surface area contributed by atoms with Gasteiger partial charge < -0.3 is 10.1 Å². The van der Waals surface area contributed by atoms with Crippen LogP contribution < -0.4 is 10.1 Å². The predicted molar refractivity (Wildman–Crippen MR) is 105 cm³/mol. The van der Waals surface area contributed by atoms with Gasteiger partial charge in [-0.05, 0) is 59.9 Å². The number of carbonyl (C=O) groups excluding carboxylic acids is 1. The molecule has 1 amide bonds. The van der Waals surface area contributed by atoms with Crippen molar-refractivity contribution in [1.29, 1.82) is 0 Å². The van der Waals surface area contributed by atoms with Crippen LogP contribution in [0.4, 0.5) is 0 Å². The van der Waals surface area contributed by atoms with Crippen molar-refractivity contribution in [3.63, 3.8) is 0 Å². The first-order chi connectivity index (χ1) is 13.0. The van der Waals surface area contributed by atoms with Gasteiger partial charge in [-0.2, -0.15) is 4.68 Å². The molecule has 0 spiro atoms. The topological polar surface area (TPSA) is 81.9 Å². The molecule has 4 atom stereocenters. The summed E-state index contributed by atoms with van der Waals surface area (Å²) in [4.78, 5) is 12.7. The van der Waals surface area contributed by atoms with E-state index in [0.29, 0.717) is 17.0 Å². The summed E-state index contributed by atoms with van der Waals surface area (Å²) in [6.07, 6.45) is 3.47. The molecular weight excluding hydrogens is 362 g/mol. The van der Waals surface area contributed by atoms with Crippen LogP contribution in [0.25, 0.3) is 5.69 Å². The first-order valence-electron chi connectivity index (χ1n) is 9.39. The minimum Gasteiger partial charge on any atom is -0.497 e. The zero-order valence-corrected chi connectivity index (χ0v) is 17.1. The number of hydrogen-bond donors (Lipinski definition) is 1. The van der Waals surface area contributed by atoms with Crippen molar-refractivity contribution in [1.82, 2.24) is 25.5 Å². The Morgan fingerprint density at radius 1 is 1.30 bits per heavy atom. The number of methoxy groups -OCH3 is 1. The smallest absolute Gasteiger partial charge is 0.233 e. The molecule has 146 valence electrons. The maximum absolute atomic E-state index is 12.7. The van der Waals surface area contributed by atoms with Gasteiger partial charge in [-0.3, -0.25) is 4.79 Å². The summed E-state index contributed by atoms with van der Waals surface area (Å²) in [5, 5.41) is 15.5. The van der Waals surface area contributed by atoms with Gasteiger partial charge in [-0.1, -0.05) is 38.5 Å². The van der Waals surface area contributed by atoms with Crippen molar-refractivity contribution in [2.24, 2.45) is 11.8 Å². The Bertz CT molecular complexity index is 764. The Balaban J connectivity index is 1.65. The summed E-state index contributed by atoms with van der Waals surface area (Å²) in [5.74, 6) is 1.96. The maximum Gasteiger partial charge on any atom is 0.233 e. The van der Waals surface area contributed by atoms with Gasteiger partial charge in [0.25, 0.3) is 0 Å². The van der Waals surface area contributed by atoms with Gasteiger partial charge in [-0.15, -0.1) is 5.10 Å². The molecule has 0 aliphatic heterocycles. The molecular formula is C19H27N5O2S. The predicted octanol–water partition coefficient (Wildman–Crippen LogP) is 3.09. The van der Waals surface area contributed by atoms with Gasteiger partial charge in [0.1, 0.15) is 5.75 Å². The van der Waals surface area contributed by atoms with E-state index >= 15 is 0 Å². The number of rotatable bonds is 6. The number of hydrogen-bond acceptors (Lipinski definition) is 6. The summed E-state index contributed by atoms with van der Waals surface area (Å²) in [6.45, 7) is 6.39. The lowest BCUT2D eigenvalue weighted by Crippen LogP contribution is -2.46. The minimum absolute atomic E-state index is 0.0373. The highest BCUT2D eigenvalue weighted by atomic mass is 32.2. The van der Waals surface area contributed by atoms with E-state index in [9.17, 15) is 4.79 Å². The Labute approximate surface area is 164 Å². The first kappa shape index (κ1) is 19.7. The highest BCUT2D eigenvalue weighted by Crippen LogP contribution is 2.30. The fourth-order valence-electron chi connectivity index (χ4n) is 3.44. The Hall–Kier alpha value is -2.09. The van der Waals surface area contributed by atoms with Crippen LogP contribution in [-0.2, 0) is 4.79 Å². The first-order valence-corrected chi connectivity index (χ1v) is 10.3. The number of aromatic nitrogens is 4. The molecule has 1 aliphatic carbocycles. The van der Waals surface area contributed by atoms with Crippen LogP contribution in [0.2, 0.25) is 0 Å². The molecule has 1 aliphatic rings. The number of carbonyl (C=O) groups is 1. The molecule has 7 nitrogen and oxygen atoms in total. The van der Waals surface area contributed by atoms with Crippen molar-refractivity contribution in [3.05, 3.63) is 24.3 Å². The van der Waals surface area contributed by atoms with Crippen LogP contribution in [0.5, 0.6) is 5.75 Å². The molecule has 0 radical (unpaired) electrons. The molecule has 3 rings (SSSR count). The van der Waals surface area contributed by atoms with E-state index in [4.69, 9.17) is 4.74 Å². The van der Waals surface area contributed by atoms with Gasteiger partial charge >= 0.3 is 0 Å². The molecule has 1 aromatic heterocycles. The third kappa shape index (κ3) is 4.61. The Morgan fingerprint density at radius 2 is 2.04 bits per heavy atom. The molecule has 0 unspecified atom stereocenters. The zero-order valence-electron chi connectivity index (χ0n) is 16.3. The standard InChI is InChI=1S/C19H27N5O2S/c1-12-6-5-7-17(13(12)2)20-18(25)14(3)27-19-21-22-23-24(19)15-8-10-16(26-4)11-9-15/h8-14,17H,5-7H2,1-4H3,(H,20,25)/t12-,13-,14-,17-/m1/s1. The van der Waals surface area contributed by atoms with E-state index in [0.717, 1.165) is 17.9 Å². The van der Waals surface area contributed by atoms with Crippen molar-refractivity contribution in [3.8, 4) is 11.4 Å². The fraction of sp³-hybridized carbons (Fsp3) is 0.579. The third-order valence-electron chi connectivity index (χ3n) is 5.44. The fourth-order valence-corrected chi connectivity index (χ4v) is 4.25. The van der Waals surface area contributed by atoms with E-state index in [1.165, 1.54) is 24.6 Å². The van der Waals surface area contributed by atoms with Crippen LogP contribution in [0, 0.1) is 11.8 Å². The van der Waals surface area contributed by atoms with Gasteiger partial charge in [0.2, 0.25) is 11.1 Å². The maximum atomic E-state index is 12.7. The van der Waals surface area contributed by atoms with Crippen molar-refractivity contribution >= 4 is 17.7 Å². The molecule has 1 N–H and O–H groups in total. The number of nitrogens with one attached hydrogen (secondary N) is 1. The number of benzene rings is 1. The summed E-state index contributed by atoms with van der Waals surface area (Å²) in [7, 11) is 1.63. The SMILES string of the molecule is COc1ccc(-n2nnnc2S[C@H](C)C(=O)N[C@@H]2CCC[C@@H](C)[C@H]2C)cc1. The van der Waals surface area contributed by atoms with Crippen LogP contribution in [0.3, 0.4) is 0 Å². The highest BCUT2D eigenvalue weighted by Gasteiger charge is 2.30. The van der Waals surface area contributed by atoms with E-state index in [1.807, 2.05) is 31.2 Å². The Kier molecular flexibility index (Phi) is 6.36. The Morgan fingerprint density at radius 3 is 2.74 bits per heavy atom. The summed E-state index contributed by atoms with van der Waals surface area (Å²) in [5.41, 5.74) is 0.825. The molecule has 1 aromatic carbocycles. The number of amides is 1. The zero-order chi connectivity index (χ0) is 19.4. The second kappa shape index (κ2) is 8.73. The third-order valence-corrected chi connectivity index (χ3v) is 6.48. The number of ether oxygens (including phenoxy) is 1. The largest absolute Gasteiger partial charge is 0.497 e. The highest BCUT2D eigenvalue weighted by molar-refractivity contribution is 8.00. The van der Waals surface area contributed by atoms with Crippen LogP contribution >= 0.6 is 11.8 Å². The molecule has 27 heavy (non-hydrogen) atoms. The average Bonchev–Trinajstić information content (AvgIpc) is 3.13. The second-order valence-electron chi connectivity index (χ2n) is 7.21. The molecule has 0 bridgehead atoms. The molecule has 2 aromatic rings. The monoisotopic (exact) mass is 389 g/mol. The van der Waals surface area contributed by atoms with Gasteiger partial charge in [0, 0.05) is 6.04 Å². The van der Waals surface area contributed by atoms with Crippen LogP contribution in [0.15, 0.2) is 29.4 Å². The average molecular weight is 390 g/mol. The molecule has 1 saturated carbocycles. The summed E-state index contributed by atoms with van der Waals surface area (Å²) < 4.78 is 6.82. The lowest BCUT2D eigenvalue weighted by atomic mass is 9.78. The second-order valence-corrected chi connectivity index (χ2v) is 8.52. The summed E-state index contributed by atoms with van der Waals surface area (Å²) >= 11 is 1.36. The summed E-state index contributed by atoms with van der Waals surface area (Å²) in [6, 6.07) is 7.73. The lowest BCUT2D eigenvalue weighted by Gasteiger charge is -2.35. The van der Waals surface area contributed by atoms with Gasteiger partial charge in [0.15, 0.2) is 0 Å². The van der Waals surface area contributed by atoms with E-state index in [1.54, 1.807) is 11.8 Å². The van der Waals surface area contributed by atoms with Crippen molar-refractivity contribution < 1.29 is 9.53 Å². The van der Waals surface area contributed by atoms with Crippen molar-refractivity contribution in [2.45, 2.75) is 56.5 Å². The molecule has 0 saturated heterocycles. The van der Waals surface area contributed by atoms with Crippen LogP contribution in [-0.4, -0.2) is 44.5 Å². The van der Waals surface area contributed by atoms with Crippen molar-refractivity contribution in [2.75, 3.05) is 7.11 Å². The number of tetrazole rings is 1. The van der Waals surface area contributed by atoms with Crippen LogP contribution in [0.1, 0.15) is 40.0 Å². The van der Waals surface area contributed by atoms with Gasteiger partial charge in [0.05, 0.1) is 18.0 Å². The lowest BCUT2D eigenvalue weighted by molar-refractivity contribution is -0.121. The quantitative estimate of drug-likeness (QED) is 0.765. The number of thioether (sulfide) groups is 1. The van der Waals surface area contributed by atoms with E-state index in [-0.39, 0.29) is 17.2 Å².